The highest BCUT2D eigenvalue weighted by molar-refractivity contribution is 5.83. The number of nitrogens with zero attached hydrogens (tertiary/aromatic N) is 1. The van der Waals surface area contributed by atoms with E-state index in [1.165, 1.54) is 11.9 Å². The van der Waals surface area contributed by atoms with Crippen LogP contribution in [0.5, 0.6) is 0 Å². The van der Waals surface area contributed by atoms with Crippen LogP contribution in [0.3, 0.4) is 0 Å². The molecule has 0 aromatic heterocycles. The van der Waals surface area contributed by atoms with Crippen molar-refractivity contribution in [2.45, 2.75) is 44.6 Å². The average Bonchev–Trinajstić information content (AvgIpc) is 2.51. The lowest BCUT2D eigenvalue weighted by molar-refractivity contribution is -0.155. The number of carbonyl (C=O) groups excluding carboxylic acids is 1. The van der Waals surface area contributed by atoms with Gasteiger partial charge in [-0.15, -0.1) is 0 Å². The summed E-state index contributed by atoms with van der Waals surface area (Å²) >= 11 is 0. The summed E-state index contributed by atoms with van der Waals surface area (Å²) in [5.41, 5.74) is 0. The lowest BCUT2D eigenvalue weighted by Crippen LogP contribution is -2.44. The fraction of sp³-hybridized carbons (Fsp3) is 0.889. The Morgan fingerprint density at radius 1 is 1.38 bits per heavy atom. The molecule has 1 saturated carbocycles. The smallest absolute Gasteiger partial charge is 0.322 e. The maximum atomic E-state index is 12.6. The molecule has 4 heteroatoms. The predicted molar refractivity (Wildman–Crippen MR) is 45.6 cm³/mol. The van der Waals surface area contributed by atoms with Gasteiger partial charge in [-0.2, -0.15) is 8.78 Å². The molecule has 0 aromatic rings. The van der Waals surface area contributed by atoms with Crippen molar-refractivity contribution in [1.82, 2.24) is 4.90 Å². The van der Waals surface area contributed by atoms with Gasteiger partial charge in [-0.3, -0.25) is 4.79 Å². The largest absolute Gasteiger partial charge is 0.338 e. The molecule has 2 nitrogen and oxygen atoms in total. The van der Waals surface area contributed by atoms with Crippen LogP contribution >= 0.6 is 0 Å². The number of halogens is 2. The SMILES string of the molecule is CN(C(=O)C(C)(F)F)C1CCCC1. The molecule has 0 radical (unpaired) electrons. The van der Waals surface area contributed by atoms with E-state index in [4.69, 9.17) is 0 Å². The van der Waals surface area contributed by atoms with Gasteiger partial charge in [0.1, 0.15) is 0 Å². The van der Waals surface area contributed by atoms with Gasteiger partial charge in [0.25, 0.3) is 5.91 Å². The lowest BCUT2D eigenvalue weighted by Gasteiger charge is -2.26. The molecule has 0 atom stereocenters. The van der Waals surface area contributed by atoms with Gasteiger partial charge in [0.05, 0.1) is 0 Å². The van der Waals surface area contributed by atoms with E-state index in [2.05, 4.69) is 0 Å². The number of alkyl halides is 2. The lowest BCUT2D eigenvalue weighted by atomic mass is 10.2. The monoisotopic (exact) mass is 191 g/mol. The second kappa shape index (κ2) is 3.60. The molecule has 1 rings (SSSR count). The molecule has 1 amide bonds. The highest BCUT2D eigenvalue weighted by Gasteiger charge is 2.38. The third-order valence-electron chi connectivity index (χ3n) is 2.57. The third-order valence-corrected chi connectivity index (χ3v) is 2.57. The summed E-state index contributed by atoms with van der Waals surface area (Å²) in [6.45, 7) is 0.654. The highest BCUT2D eigenvalue weighted by Crippen LogP contribution is 2.25. The van der Waals surface area contributed by atoms with Crippen LogP contribution in [0.15, 0.2) is 0 Å². The van der Waals surface area contributed by atoms with E-state index in [1.54, 1.807) is 0 Å². The van der Waals surface area contributed by atoms with Crippen molar-refractivity contribution < 1.29 is 13.6 Å². The first-order valence-electron chi connectivity index (χ1n) is 4.58. The number of hydrogen-bond acceptors (Lipinski definition) is 1. The highest BCUT2D eigenvalue weighted by atomic mass is 19.3. The van der Waals surface area contributed by atoms with Crippen LogP contribution in [0, 0.1) is 0 Å². The van der Waals surface area contributed by atoms with Crippen molar-refractivity contribution in [2.75, 3.05) is 7.05 Å². The van der Waals surface area contributed by atoms with Gasteiger partial charge in [-0.05, 0) is 12.8 Å². The van der Waals surface area contributed by atoms with Crippen LogP contribution in [-0.4, -0.2) is 29.8 Å². The Balaban J connectivity index is 2.56. The van der Waals surface area contributed by atoms with Gasteiger partial charge in [0, 0.05) is 20.0 Å². The quantitative estimate of drug-likeness (QED) is 0.654. The van der Waals surface area contributed by atoms with Crippen molar-refractivity contribution in [2.24, 2.45) is 0 Å². The van der Waals surface area contributed by atoms with E-state index in [-0.39, 0.29) is 6.04 Å². The van der Waals surface area contributed by atoms with E-state index in [9.17, 15) is 13.6 Å². The molecule has 1 aliphatic carbocycles. The zero-order valence-electron chi connectivity index (χ0n) is 8.02. The van der Waals surface area contributed by atoms with Gasteiger partial charge in [0.15, 0.2) is 0 Å². The molecule has 0 aliphatic heterocycles. The maximum Gasteiger partial charge on any atom is 0.322 e. The van der Waals surface area contributed by atoms with E-state index >= 15 is 0 Å². The topological polar surface area (TPSA) is 20.3 Å². The zero-order valence-corrected chi connectivity index (χ0v) is 8.02. The van der Waals surface area contributed by atoms with Crippen LogP contribution in [0.4, 0.5) is 8.78 Å². The third kappa shape index (κ3) is 2.39. The molecular weight excluding hydrogens is 176 g/mol. The van der Waals surface area contributed by atoms with E-state index in [1.807, 2.05) is 0 Å². The predicted octanol–water partition coefficient (Wildman–Crippen LogP) is 2.04. The number of hydrogen-bond donors (Lipinski definition) is 0. The first-order chi connectivity index (χ1) is 5.93. The molecule has 0 heterocycles. The van der Waals surface area contributed by atoms with Crippen molar-refractivity contribution in [3.63, 3.8) is 0 Å². The molecule has 0 spiro atoms. The Bertz CT molecular complexity index is 194. The Kier molecular flexibility index (Phi) is 2.88. The summed E-state index contributed by atoms with van der Waals surface area (Å²) in [5.74, 6) is -4.28. The first-order valence-corrected chi connectivity index (χ1v) is 4.58. The molecule has 1 aliphatic rings. The van der Waals surface area contributed by atoms with Gasteiger partial charge in [0.2, 0.25) is 0 Å². The van der Waals surface area contributed by atoms with Crippen LogP contribution in [0.1, 0.15) is 32.6 Å². The van der Waals surface area contributed by atoms with Gasteiger partial charge in [-0.1, -0.05) is 12.8 Å². The number of carbonyl (C=O) groups is 1. The minimum absolute atomic E-state index is 0.0262. The van der Waals surface area contributed by atoms with Crippen molar-refractivity contribution >= 4 is 5.91 Å². The van der Waals surface area contributed by atoms with Crippen LogP contribution in [-0.2, 0) is 4.79 Å². The van der Waals surface area contributed by atoms with Crippen LogP contribution in [0.2, 0.25) is 0 Å². The minimum atomic E-state index is -3.22. The number of rotatable bonds is 2. The molecule has 0 unspecified atom stereocenters. The average molecular weight is 191 g/mol. The van der Waals surface area contributed by atoms with E-state index in [0.29, 0.717) is 6.92 Å². The van der Waals surface area contributed by atoms with Gasteiger partial charge >= 0.3 is 5.92 Å². The van der Waals surface area contributed by atoms with Gasteiger partial charge in [-0.25, -0.2) is 0 Å². The minimum Gasteiger partial charge on any atom is -0.338 e. The number of amides is 1. The van der Waals surface area contributed by atoms with E-state index in [0.717, 1.165) is 25.7 Å². The Hall–Kier alpha value is -0.670. The summed E-state index contributed by atoms with van der Waals surface area (Å²) in [7, 11) is 1.47. The second-order valence-electron chi connectivity index (χ2n) is 3.74. The fourth-order valence-electron chi connectivity index (χ4n) is 1.77. The van der Waals surface area contributed by atoms with E-state index < -0.39 is 11.8 Å². The van der Waals surface area contributed by atoms with Crippen molar-refractivity contribution in [1.29, 1.82) is 0 Å². The Morgan fingerprint density at radius 3 is 2.23 bits per heavy atom. The van der Waals surface area contributed by atoms with Crippen LogP contribution in [0.25, 0.3) is 0 Å². The second-order valence-corrected chi connectivity index (χ2v) is 3.74. The Labute approximate surface area is 76.9 Å². The molecule has 0 aromatic carbocycles. The standard InChI is InChI=1S/C9H15F2NO/c1-9(10,11)8(13)12(2)7-5-3-4-6-7/h7H,3-6H2,1-2H3. The fourth-order valence-corrected chi connectivity index (χ4v) is 1.77. The van der Waals surface area contributed by atoms with Crippen molar-refractivity contribution in [3.8, 4) is 0 Å². The van der Waals surface area contributed by atoms with Crippen LogP contribution < -0.4 is 0 Å². The van der Waals surface area contributed by atoms with Gasteiger partial charge < -0.3 is 4.90 Å². The summed E-state index contributed by atoms with van der Waals surface area (Å²) in [6, 6.07) is 0.0262. The van der Waals surface area contributed by atoms with Crippen molar-refractivity contribution in [3.05, 3.63) is 0 Å². The summed E-state index contributed by atoms with van der Waals surface area (Å²) in [6.07, 6.45) is 3.80. The Morgan fingerprint density at radius 2 is 1.85 bits per heavy atom. The first kappa shape index (κ1) is 10.4. The zero-order chi connectivity index (χ0) is 10.1. The summed E-state index contributed by atoms with van der Waals surface area (Å²) < 4.78 is 25.3. The maximum absolute atomic E-state index is 12.6. The molecule has 0 bridgehead atoms. The molecule has 76 valence electrons. The molecule has 0 saturated heterocycles. The summed E-state index contributed by atoms with van der Waals surface area (Å²) in [5, 5.41) is 0. The summed E-state index contributed by atoms with van der Waals surface area (Å²) in [4.78, 5) is 12.3. The molecule has 0 N–H and O–H groups in total. The normalized spacial score (nSPS) is 19.1. The molecule has 13 heavy (non-hydrogen) atoms. The molecule has 1 fully saturated rings. The molecular formula is C9H15F2NO.